The lowest BCUT2D eigenvalue weighted by molar-refractivity contribution is -0.295. The van der Waals surface area contributed by atoms with Gasteiger partial charge in [0.15, 0.2) is 24.8 Å². The first-order chi connectivity index (χ1) is 32.9. The summed E-state index contributed by atoms with van der Waals surface area (Å²) in [5, 5.41) is 0. The molecule has 2 heterocycles. The Morgan fingerprint density at radius 2 is 0.795 bits per heavy atom. The van der Waals surface area contributed by atoms with Crippen molar-refractivity contribution in [3.63, 3.8) is 0 Å². The molecule has 0 aliphatic carbocycles. The lowest BCUT2D eigenvalue weighted by atomic mass is 9.99. The van der Waals surface area contributed by atoms with Crippen LogP contribution in [0.4, 0.5) is 0 Å². The highest BCUT2D eigenvalue weighted by molar-refractivity contribution is 7.82. The normalized spacial score (nSPS) is 29.2. The number of hydrogen-bond donors (Lipinski definition) is 7. The van der Waals surface area contributed by atoms with E-state index in [4.69, 9.17) is 37.5 Å². The fourth-order valence-corrected chi connectivity index (χ4v) is 10.2. The van der Waals surface area contributed by atoms with E-state index in [-0.39, 0.29) is 0 Å². The van der Waals surface area contributed by atoms with Gasteiger partial charge in [-0.05, 0) is 0 Å². The van der Waals surface area contributed by atoms with E-state index in [2.05, 4.69) is 41.8 Å². The molecule has 436 valence electrons. The van der Waals surface area contributed by atoms with Crippen LogP contribution >= 0.6 is 0 Å². The minimum atomic E-state index is -6.10. The Kier molecular flexibility index (Phi) is 25.9. The Labute approximate surface area is 418 Å². The molecule has 53 heteroatoms. The average Bonchev–Trinajstić information content (AvgIpc) is 3.16. The Morgan fingerprint density at radius 1 is 0.452 bits per heavy atom. The first kappa shape index (κ1) is 68.2. The summed E-state index contributed by atoms with van der Waals surface area (Å²) in [5.41, 5.74) is 0. The van der Waals surface area contributed by atoms with E-state index in [1.165, 1.54) is 0 Å². The molecule has 0 aromatic carbocycles. The minimum Gasteiger partial charge on any atom is -0.750 e. The van der Waals surface area contributed by atoms with Gasteiger partial charge in [-0.15, -0.1) is 0 Å². The van der Waals surface area contributed by atoms with Crippen LogP contribution in [0.15, 0.2) is 0 Å². The molecule has 0 amide bonds. The third-order valence-corrected chi connectivity index (χ3v) is 12.5. The van der Waals surface area contributed by atoms with Gasteiger partial charge in [0, 0.05) is 14.2 Å². The number of ether oxygens (including phenoxy) is 6. The first-order valence-corrected chi connectivity index (χ1v) is 29.9. The second-order valence-electron chi connectivity index (χ2n) is 13.0. The van der Waals surface area contributed by atoms with Gasteiger partial charge in [-0.25, -0.2) is 41.9 Å². The molecule has 0 bridgehead atoms. The molecule has 0 saturated carbocycles. The van der Waals surface area contributed by atoms with Crippen LogP contribution in [0.2, 0.25) is 0 Å². The minimum absolute atomic E-state index is 0.561. The molecule has 2 rings (SSSR count). The highest BCUT2D eigenvalue weighted by Gasteiger charge is 2.56. The Hall–Kier alpha value is -0.940. The summed E-state index contributed by atoms with van der Waals surface area (Å²) >= 11 is -11.6. The zero-order valence-corrected chi connectivity index (χ0v) is 43.0. The van der Waals surface area contributed by atoms with Crippen molar-refractivity contribution in [1.29, 1.82) is 0 Å². The third kappa shape index (κ3) is 26.1. The first-order valence-electron chi connectivity index (χ1n) is 17.3. The van der Waals surface area contributed by atoms with E-state index in [9.17, 15) is 108 Å². The Morgan fingerprint density at radius 3 is 1.15 bits per heavy atom. The smallest absolute Gasteiger partial charge is 0.397 e. The van der Waals surface area contributed by atoms with E-state index < -0.39 is 219 Å². The van der Waals surface area contributed by atoms with Gasteiger partial charge in [-0.1, -0.05) is 0 Å². The van der Waals surface area contributed by atoms with Gasteiger partial charge < -0.3 is 42.1 Å². The summed E-state index contributed by atoms with van der Waals surface area (Å²) in [7, 11) is -40.1. The average molecular weight is 1280 g/mol. The predicted molar refractivity (Wildman–Crippen MR) is 209 cm³/mol. The van der Waals surface area contributed by atoms with E-state index >= 15 is 0 Å². The molecular formula is C20H35O43S10-3. The molecule has 0 aromatic rings. The van der Waals surface area contributed by atoms with Gasteiger partial charge in [0.25, 0.3) is 0 Å². The highest BCUT2D eigenvalue weighted by atomic mass is 32.3. The quantitative estimate of drug-likeness (QED) is 0.0237. The van der Waals surface area contributed by atoms with Gasteiger partial charge in [0.1, 0.15) is 61.0 Å². The zero-order chi connectivity index (χ0) is 56.5. The molecule has 0 aromatic heterocycles. The second kappa shape index (κ2) is 27.8. The summed E-state index contributed by atoms with van der Waals surface area (Å²) in [6.07, 6.45) is -39.0. The molecule has 0 spiro atoms. The Balaban J connectivity index is 2.81. The summed E-state index contributed by atoms with van der Waals surface area (Å²) in [6.45, 7) is -6.89. The van der Waals surface area contributed by atoms with Gasteiger partial charge in [0.05, 0.1) is 60.5 Å². The van der Waals surface area contributed by atoms with Crippen LogP contribution in [-0.4, -0.2) is 244 Å². The third-order valence-electron chi connectivity index (χ3n) is 8.15. The lowest BCUT2D eigenvalue weighted by Gasteiger charge is -2.45. The Bertz CT molecular complexity index is 2690. The molecular weight excluding hydrogens is 1250 g/mol. The fourth-order valence-electron chi connectivity index (χ4n) is 5.99. The molecule has 2 saturated heterocycles. The van der Waals surface area contributed by atoms with Crippen molar-refractivity contribution in [3.8, 4) is 0 Å². The van der Waals surface area contributed by atoms with E-state index in [1.807, 2.05) is 0 Å². The van der Waals surface area contributed by atoms with E-state index in [1.54, 1.807) is 0 Å². The van der Waals surface area contributed by atoms with E-state index in [0.29, 0.717) is 14.2 Å². The summed E-state index contributed by atoms with van der Waals surface area (Å²) in [4.78, 5) is 0. The maximum Gasteiger partial charge on any atom is 0.397 e. The van der Waals surface area contributed by atoms with Crippen molar-refractivity contribution in [3.05, 3.63) is 0 Å². The standard InChI is InChI=1S/C20H38O43S10/c1-48-11(9(56-64(21)22)3-50-19-17(62-72(42,43)44)15(58-66(25)26)13(57-65(23)24)7(54-19)5-52-67(27,28)29)12(49-2)10(59-69(33,34)35)4-51-20-18(63-73(45,46)47)16(61-71(39,40)41)14(60-70(36,37)38)8(55-20)6-53-68(30,31)32/h7-20H,3-6H2,1-2H3,(H,21,22)(H,23,24)(H,25,26)(H,27,28,29)(H,30,31,32)(H,33,34,35)(H,36,37,38)(H,39,40,41)(H,42,43,44)(H,45,46,47)/p-3/t7-,8-,9-,10-,11-,12-,13-,14-,15+,16+,17-,18-,19-,20-/m1/s1. The summed E-state index contributed by atoms with van der Waals surface area (Å²) < 4.78 is 374. The van der Waals surface area contributed by atoms with Crippen LogP contribution in [0.1, 0.15) is 0 Å². The molecule has 7 N–H and O–H groups in total. The van der Waals surface area contributed by atoms with Crippen LogP contribution in [0.25, 0.3) is 0 Å². The molecule has 73 heavy (non-hydrogen) atoms. The van der Waals surface area contributed by atoms with Crippen LogP contribution in [-0.2, 0) is 177 Å². The SMILES string of the molecule is CO[C@@H]([C@H](OC)[C@@H](CO[C@@H]1O[C@H](COS(=O)(=O)O)[C@@H](OS(=O)(=O)O)[C@H](OS(=O)(=O)O)[C@H]1OS(=O)(=O)O)OS(=O)(=O)O)[C@@H](CO[C@@H]1O[C@H](COS(=O)(=O)O)[C@@H](OS(=O)[O-])[C@H](OS(=O)[O-])[C@H]1OS(=O)(=O)O)OS(=O)[O-]. The maximum absolute atomic E-state index is 12.2. The molecule has 2 aliphatic heterocycles. The van der Waals surface area contributed by atoms with E-state index in [0.717, 1.165) is 0 Å². The second-order valence-corrected chi connectivity index (χ2v) is 22.2. The molecule has 0 radical (unpaired) electrons. The van der Waals surface area contributed by atoms with Crippen molar-refractivity contribution in [1.82, 2.24) is 0 Å². The molecule has 3 unspecified atom stereocenters. The van der Waals surface area contributed by atoms with Gasteiger partial charge >= 0.3 is 72.8 Å². The molecule has 2 fully saturated rings. The highest BCUT2D eigenvalue weighted by Crippen LogP contribution is 2.34. The zero-order valence-electron chi connectivity index (χ0n) is 34.8. The number of hydrogen-bond acceptors (Lipinski definition) is 36. The van der Waals surface area contributed by atoms with Gasteiger partial charge in [-0.2, -0.15) is 58.9 Å². The topological polar surface area (TPSA) is 649 Å². The van der Waals surface area contributed by atoms with Crippen LogP contribution in [0.5, 0.6) is 0 Å². The number of rotatable bonds is 33. The monoisotopic (exact) mass is 1280 g/mol. The van der Waals surface area contributed by atoms with Crippen molar-refractivity contribution >= 4 is 107 Å². The molecule has 17 atom stereocenters. The predicted octanol–water partition coefficient (Wildman–Crippen LogP) is -8.38. The van der Waals surface area contributed by atoms with Crippen LogP contribution in [0.3, 0.4) is 0 Å². The van der Waals surface area contributed by atoms with Crippen molar-refractivity contribution in [2.45, 2.75) is 85.8 Å². The molecule has 2 aliphatic rings. The van der Waals surface area contributed by atoms with Gasteiger partial charge in [-0.3, -0.25) is 44.4 Å². The fraction of sp³-hybridized carbons (Fsp3) is 1.00. The van der Waals surface area contributed by atoms with Crippen LogP contribution in [0, 0.1) is 0 Å². The van der Waals surface area contributed by atoms with Crippen molar-refractivity contribution in [2.75, 3.05) is 40.6 Å². The molecule has 43 nitrogen and oxygen atoms in total. The number of methoxy groups -OCH3 is 2. The summed E-state index contributed by atoms with van der Waals surface area (Å²) in [6, 6.07) is 0. The van der Waals surface area contributed by atoms with Crippen molar-refractivity contribution in [2.24, 2.45) is 0 Å². The lowest BCUT2D eigenvalue weighted by Crippen LogP contribution is -2.63. The van der Waals surface area contributed by atoms with Crippen molar-refractivity contribution < 1.29 is 187 Å². The van der Waals surface area contributed by atoms with Gasteiger partial charge in [0.2, 0.25) is 0 Å². The maximum atomic E-state index is 12.2. The van der Waals surface area contributed by atoms with Crippen LogP contribution < -0.4 is 0 Å². The largest absolute Gasteiger partial charge is 0.750 e. The summed E-state index contributed by atoms with van der Waals surface area (Å²) in [5.74, 6) is 0.